The van der Waals surface area contributed by atoms with E-state index in [2.05, 4.69) is 13.8 Å². The van der Waals surface area contributed by atoms with E-state index in [1.165, 1.54) is 57.1 Å². The van der Waals surface area contributed by atoms with Crippen molar-refractivity contribution in [1.82, 2.24) is 0 Å². The van der Waals surface area contributed by atoms with Crippen molar-refractivity contribution in [1.29, 1.82) is 0 Å². The second-order valence-corrected chi connectivity index (χ2v) is 11.9. The van der Waals surface area contributed by atoms with Crippen molar-refractivity contribution in [2.24, 2.45) is 11.8 Å². The summed E-state index contributed by atoms with van der Waals surface area (Å²) >= 11 is 0. The molecule has 0 heterocycles. The Bertz CT molecular complexity index is 1020. The summed E-state index contributed by atoms with van der Waals surface area (Å²) in [6.07, 6.45) is 8.08. The summed E-state index contributed by atoms with van der Waals surface area (Å²) in [5.41, 5.74) is 0.991. The zero-order valence-corrected chi connectivity index (χ0v) is 23.3. The SMILES string of the molecule is CCCCCC1CCC(c2ccc(C(F)(F)OC(C)c3ccc(C4CCC(C)CC4)cc3)c(F)c2F)CC1. The number of halogens is 4. The van der Waals surface area contributed by atoms with E-state index in [9.17, 15) is 4.39 Å². The number of unbranched alkanes of at least 4 members (excludes halogenated alkanes) is 2. The molecule has 4 rings (SSSR count). The Morgan fingerprint density at radius 2 is 1.45 bits per heavy atom. The highest BCUT2D eigenvalue weighted by molar-refractivity contribution is 5.32. The van der Waals surface area contributed by atoms with Crippen LogP contribution in [0.25, 0.3) is 0 Å². The Hall–Kier alpha value is -1.88. The van der Waals surface area contributed by atoms with Crippen LogP contribution in [0.15, 0.2) is 36.4 Å². The van der Waals surface area contributed by atoms with Gasteiger partial charge < -0.3 is 4.74 Å². The van der Waals surface area contributed by atoms with Gasteiger partial charge in [0.15, 0.2) is 11.6 Å². The predicted molar refractivity (Wildman–Crippen MR) is 145 cm³/mol. The van der Waals surface area contributed by atoms with Crippen LogP contribution in [0.4, 0.5) is 17.6 Å². The minimum absolute atomic E-state index is 0.125. The molecular weight excluding hydrogens is 488 g/mol. The molecule has 2 aliphatic carbocycles. The average molecular weight is 533 g/mol. The molecule has 0 bridgehead atoms. The zero-order chi connectivity index (χ0) is 27.3. The van der Waals surface area contributed by atoms with Crippen LogP contribution in [-0.2, 0) is 10.8 Å². The van der Waals surface area contributed by atoms with Crippen molar-refractivity contribution in [3.8, 4) is 0 Å². The molecule has 2 fully saturated rings. The topological polar surface area (TPSA) is 9.23 Å². The van der Waals surface area contributed by atoms with E-state index in [0.717, 1.165) is 50.5 Å². The van der Waals surface area contributed by atoms with E-state index in [-0.39, 0.29) is 11.5 Å². The molecule has 38 heavy (non-hydrogen) atoms. The van der Waals surface area contributed by atoms with E-state index in [1.807, 2.05) is 24.3 Å². The van der Waals surface area contributed by atoms with Crippen molar-refractivity contribution in [2.75, 3.05) is 0 Å². The third-order valence-corrected chi connectivity index (χ3v) is 9.15. The van der Waals surface area contributed by atoms with Crippen molar-refractivity contribution in [3.63, 3.8) is 0 Å². The lowest BCUT2D eigenvalue weighted by Crippen LogP contribution is -2.23. The molecule has 2 saturated carbocycles. The van der Waals surface area contributed by atoms with Crippen LogP contribution in [0, 0.1) is 23.5 Å². The van der Waals surface area contributed by atoms with Crippen LogP contribution in [-0.4, -0.2) is 0 Å². The Kier molecular flexibility index (Phi) is 9.95. The molecule has 0 aromatic heterocycles. The molecule has 0 radical (unpaired) electrons. The molecule has 2 aliphatic rings. The van der Waals surface area contributed by atoms with Crippen LogP contribution >= 0.6 is 0 Å². The summed E-state index contributed by atoms with van der Waals surface area (Å²) in [6.45, 7) is 5.98. The van der Waals surface area contributed by atoms with Gasteiger partial charge in [-0.1, -0.05) is 82.7 Å². The van der Waals surface area contributed by atoms with Crippen LogP contribution in [0.2, 0.25) is 0 Å². The van der Waals surface area contributed by atoms with Gasteiger partial charge in [0.25, 0.3) is 0 Å². The molecule has 2 aromatic carbocycles. The van der Waals surface area contributed by atoms with Crippen LogP contribution < -0.4 is 0 Å². The zero-order valence-electron chi connectivity index (χ0n) is 23.3. The van der Waals surface area contributed by atoms with E-state index in [4.69, 9.17) is 4.74 Å². The van der Waals surface area contributed by atoms with Gasteiger partial charge in [-0.3, -0.25) is 0 Å². The van der Waals surface area contributed by atoms with Gasteiger partial charge in [0.1, 0.15) is 0 Å². The van der Waals surface area contributed by atoms with E-state index < -0.39 is 29.4 Å². The van der Waals surface area contributed by atoms with Gasteiger partial charge in [0, 0.05) is 0 Å². The largest absolute Gasteiger partial charge is 0.386 e. The third kappa shape index (κ3) is 7.00. The van der Waals surface area contributed by atoms with Gasteiger partial charge in [0.05, 0.1) is 11.7 Å². The molecule has 1 unspecified atom stereocenters. The molecule has 1 atom stereocenters. The number of hydrogen-bond acceptors (Lipinski definition) is 1. The van der Waals surface area contributed by atoms with Gasteiger partial charge in [-0.25, -0.2) is 8.78 Å². The maximum Gasteiger partial charge on any atom is 0.386 e. The van der Waals surface area contributed by atoms with E-state index >= 15 is 13.2 Å². The fourth-order valence-corrected chi connectivity index (χ4v) is 6.54. The molecule has 210 valence electrons. The summed E-state index contributed by atoms with van der Waals surface area (Å²) < 4.78 is 65.3. The lowest BCUT2D eigenvalue weighted by atomic mass is 9.76. The first kappa shape index (κ1) is 29.1. The van der Waals surface area contributed by atoms with Crippen molar-refractivity contribution >= 4 is 0 Å². The van der Waals surface area contributed by atoms with Crippen LogP contribution in [0.1, 0.15) is 138 Å². The molecule has 0 saturated heterocycles. The standard InChI is InChI=1S/C33H44F4O/c1-4-5-6-7-24-10-14-28(15-11-24)29-20-21-30(32(35)31(29)34)33(36,37)38-23(3)25-16-18-27(19-17-25)26-12-8-22(2)9-13-26/h16-24,26,28H,4-15H2,1-3H3. The summed E-state index contributed by atoms with van der Waals surface area (Å²) in [4.78, 5) is 0. The molecule has 1 nitrogen and oxygen atoms in total. The van der Waals surface area contributed by atoms with E-state index in [0.29, 0.717) is 17.4 Å². The van der Waals surface area contributed by atoms with Crippen LogP contribution in [0.3, 0.4) is 0 Å². The normalized spacial score (nSPS) is 25.3. The quantitative estimate of drug-likeness (QED) is 0.218. The lowest BCUT2D eigenvalue weighted by Gasteiger charge is -2.30. The summed E-state index contributed by atoms with van der Waals surface area (Å²) in [7, 11) is 0. The van der Waals surface area contributed by atoms with Gasteiger partial charge in [-0.2, -0.15) is 8.78 Å². The smallest absolute Gasteiger partial charge is 0.309 e. The number of alkyl halides is 2. The second kappa shape index (κ2) is 13.0. The highest BCUT2D eigenvalue weighted by atomic mass is 19.3. The second-order valence-electron chi connectivity index (χ2n) is 11.9. The molecule has 5 heteroatoms. The third-order valence-electron chi connectivity index (χ3n) is 9.15. The van der Waals surface area contributed by atoms with Gasteiger partial charge >= 0.3 is 6.11 Å². The van der Waals surface area contributed by atoms with Crippen LogP contribution in [0.5, 0.6) is 0 Å². The number of rotatable bonds is 10. The first-order valence-electron chi connectivity index (χ1n) is 14.8. The first-order valence-corrected chi connectivity index (χ1v) is 14.8. The highest BCUT2D eigenvalue weighted by Gasteiger charge is 2.40. The molecule has 0 amide bonds. The minimum Gasteiger partial charge on any atom is -0.309 e. The molecule has 0 aliphatic heterocycles. The Morgan fingerprint density at radius 3 is 2.08 bits per heavy atom. The fourth-order valence-electron chi connectivity index (χ4n) is 6.54. The Morgan fingerprint density at radius 1 is 0.816 bits per heavy atom. The van der Waals surface area contributed by atoms with Crippen molar-refractivity contribution in [3.05, 3.63) is 70.3 Å². The molecule has 2 aromatic rings. The van der Waals surface area contributed by atoms with Gasteiger partial charge in [-0.15, -0.1) is 0 Å². The maximum atomic E-state index is 15.1. The maximum absolute atomic E-state index is 15.1. The lowest BCUT2D eigenvalue weighted by molar-refractivity contribution is -0.273. The number of benzene rings is 2. The Labute approximate surface area is 226 Å². The summed E-state index contributed by atoms with van der Waals surface area (Å²) in [5.74, 6) is -0.879. The highest BCUT2D eigenvalue weighted by Crippen LogP contribution is 2.43. The van der Waals surface area contributed by atoms with Gasteiger partial charge in [-0.05, 0) is 91.9 Å². The van der Waals surface area contributed by atoms with Crippen molar-refractivity contribution in [2.45, 2.75) is 122 Å². The Balaban J connectivity index is 1.38. The summed E-state index contributed by atoms with van der Waals surface area (Å²) in [6, 6.07) is 9.96. The summed E-state index contributed by atoms with van der Waals surface area (Å²) in [5, 5.41) is 0. The average Bonchev–Trinajstić information content (AvgIpc) is 2.91. The molecule has 0 N–H and O–H groups in total. The number of ether oxygens (including phenoxy) is 1. The predicted octanol–water partition coefficient (Wildman–Crippen LogP) is 10.9. The van der Waals surface area contributed by atoms with E-state index in [1.54, 1.807) is 0 Å². The number of hydrogen-bond donors (Lipinski definition) is 0. The monoisotopic (exact) mass is 532 g/mol. The first-order chi connectivity index (χ1) is 18.2. The molecular formula is C33H44F4O. The fraction of sp³-hybridized carbons (Fsp3) is 0.636. The molecule has 0 spiro atoms. The van der Waals surface area contributed by atoms with Gasteiger partial charge in [0.2, 0.25) is 0 Å². The van der Waals surface area contributed by atoms with Crippen molar-refractivity contribution < 1.29 is 22.3 Å². The minimum atomic E-state index is -3.95.